The SMILES string of the molecule is COc1cc(CN2CCNCC2)c2ccn(S(=O)(=O)c3ccccc3Cl)c2c1. The van der Waals surface area contributed by atoms with Gasteiger partial charge in [0.15, 0.2) is 0 Å². The van der Waals surface area contributed by atoms with Crippen molar-refractivity contribution < 1.29 is 13.2 Å². The molecule has 0 saturated carbocycles. The Labute approximate surface area is 169 Å². The minimum atomic E-state index is -3.82. The van der Waals surface area contributed by atoms with Crippen LogP contribution in [0.1, 0.15) is 5.56 Å². The second-order valence-electron chi connectivity index (χ2n) is 6.79. The molecule has 6 nitrogen and oxygen atoms in total. The highest BCUT2D eigenvalue weighted by molar-refractivity contribution is 7.90. The molecule has 0 amide bonds. The minimum Gasteiger partial charge on any atom is -0.497 e. The van der Waals surface area contributed by atoms with Gasteiger partial charge in [0.2, 0.25) is 0 Å². The summed E-state index contributed by atoms with van der Waals surface area (Å²) in [6.45, 7) is 4.56. The molecule has 2 aromatic carbocycles. The molecule has 1 aliphatic heterocycles. The van der Waals surface area contributed by atoms with E-state index < -0.39 is 10.0 Å². The summed E-state index contributed by atoms with van der Waals surface area (Å²) in [5, 5.41) is 4.45. The maximum atomic E-state index is 13.2. The van der Waals surface area contributed by atoms with Crippen molar-refractivity contribution in [2.24, 2.45) is 0 Å². The number of ether oxygens (including phenoxy) is 1. The van der Waals surface area contributed by atoms with E-state index in [1.165, 1.54) is 10.0 Å². The first-order valence-corrected chi connectivity index (χ1v) is 10.9. The number of nitrogens with zero attached hydrogens (tertiary/aromatic N) is 2. The summed E-state index contributed by atoms with van der Waals surface area (Å²) in [7, 11) is -2.23. The molecule has 148 valence electrons. The number of benzene rings is 2. The second-order valence-corrected chi connectivity index (χ2v) is 8.98. The van der Waals surface area contributed by atoms with E-state index in [0.29, 0.717) is 11.3 Å². The van der Waals surface area contributed by atoms with Gasteiger partial charge in [-0.15, -0.1) is 0 Å². The van der Waals surface area contributed by atoms with Gasteiger partial charge in [-0.25, -0.2) is 12.4 Å². The maximum absolute atomic E-state index is 13.2. The highest BCUT2D eigenvalue weighted by Crippen LogP contribution is 2.31. The van der Waals surface area contributed by atoms with Crippen LogP contribution in [0.3, 0.4) is 0 Å². The molecule has 0 aliphatic carbocycles. The summed E-state index contributed by atoms with van der Waals surface area (Å²) in [6.07, 6.45) is 1.59. The Morgan fingerprint density at radius 2 is 1.89 bits per heavy atom. The standard InChI is InChI=1S/C20H22ClN3O3S/c1-27-16-12-15(14-23-10-7-22-8-11-23)17-6-9-24(19(17)13-16)28(25,26)20-5-3-2-4-18(20)21/h2-6,9,12-13,22H,7-8,10-11,14H2,1H3. The monoisotopic (exact) mass is 419 g/mol. The molecule has 1 fully saturated rings. The smallest absolute Gasteiger partial charge is 0.269 e. The predicted molar refractivity (Wildman–Crippen MR) is 111 cm³/mol. The number of piperazine rings is 1. The van der Waals surface area contributed by atoms with Crippen molar-refractivity contribution in [1.82, 2.24) is 14.2 Å². The fourth-order valence-corrected chi connectivity index (χ4v) is 5.43. The van der Waals surface area contributed by atoms with Gasteiger partial charge in [0.1, 0.15) is 10.6 Å². The van der Waals surface area contributed by atoms with Crippen LogP contribution in [-0.4, -0.2) is 50.6 Å². The van der Waals surface area contributed by atoms with Crippen LogP contribution in [0.4, 0.5) is 0 Å². The van der Waals surface area contributed by atoms with Crippen molar-refractivity contribution in [2.45, 2.75) is 11.4 Å². The van der Waals surface area contributed by atoms with Gasteiger partial charge in [0, 0.05) is 50.4 Å². The Kier molecular flexibility index (Phi) is 5.33. The van der Waals surface area contributed by atoms with E-state index in [0.717, 1.165) is 43.7 Å². The lowest BCUT2D eigenvalue weighted by molar-refractivity contribution is 0.234. The fourth-order valence-electron chi connectivity index (χ4n) is 3.59. The molecule has 3 aromatic rings. The number of methoxy groups -OCH3 is 1. The van der Waals surface area contributed by atoms with Crippen molar-refractivity contribution >= 4 is 32.5 Å². The fraction of sp³-hybridized carbons (Fsp3) is 0.300. The van der Waals surface area contributed by atoms with Gasteiger partial charge < -0.3 is 10.1 Å². The van der Waals surface area contributed by atoms with Crippen LogP contribution in [0, 0.1) is 0 Å². The molecule has 1 N–H and O–H groups in total. The van der Waals surface area contributed by atoms with Gasteiger partial charge in [-0.1, -0.05) is 23.7 Å². The lowest BCUT2D eigenvalue weighted by Crippen LogP contribution is -2.42. The first-order valence-electron chi connectivity index (χ1n) is 9.12. The molecule has 0 radical (unpaired) electrons. The van der Waals surface area contributed by atoms with Crippen LogP contribution in [-0.2, 0) is 16.6 Å². The molecule has 0 unspecified atom stereocenters. The van der Waals surface area contributed by atoms with E-state index in [1.807, 2.05) is 12.1 Å². The maximum Gasteiger partial charge on any atom is 0.269 e. The summed E-state index contributed by atoms with van der Waals surface area (Å²) in [5.41, 5.74) is 1.63. The van der Waals surface area contributed by atoms with Crippen molar-refractivity contribution in [2.75, 3.05) is 33.3 Å². The Bertz CT molecular complexity index is 1110. The zero-order chi connectivity index (χ0) is 19.7. The van der Waals surface area contributed by atoms with E-state index in [9.17, 15) is 8.42 Å². The molecule has 1 aromatic heterocycles. The average molecular weight is 420 g/mol. The van der Waals surface area contributed by atoms with E-state index in [1.54, 1.807) is 37.6 Å². The van der Waals surface area contributed by atoms with Crippen molar-refractivity contribution in [3.63, 3.8) is 0 Å². The second kappa shape index (κ2) is 7.75. The molecule has 8 heteroatoms. The molecule has 1 saturated heterocycles. The summed E-state index contributed by atoms with van der Waals surface area (Å²) in [5.74, 6) is 0.631. The lowest BCUT2D eigenvalue weighted by atomic mass is 10.1. The van der Waals surface area contributed by atoms with E-state index in [4.69, 9.17) is 16.3 Å². The molecule has 0 bridgehead atoms. The number of rotatable bonds is 5. The molecule has 4 rings (SSSR count). The molecule has 0 spiro atoms. The normalized spacial score (nSPS) is 15.8. The van der Waals surface area contributed by atoms with Crippen molar-refractivity contribution in [3.8, 4) is 5.75 Å². The van der Waals surface area contributed by atoms with E-state index in [-0.39, 0.29) is 9.92 Å². The van der Waals surface area contributed by atoms with E-state index >= 15 is 0 Å². The largest absolute Gasteiger partial charge is 0.497 e. The number of hydrogen-bond acceptors (Lipinski definition) is 5. The van der Waals surface area contributed by atoms with Gasteiger partial charge in [0.25, 0.3) is 10.0 Å². The third kappa shape index (κ3) is 3.51. The minimum absolute atomic E-state index is 0.0839. The number of fused-ring (bicyclic) bond motifs is 1. The van der Waals surface area contributed by atoms with Gasteiger partial charge in [-0.05, 0) is 29.8 Å². The quantitative estimate of drug-likeness (QED) is 0.688. The Morgan fingerprint density at radius 1 is 1.14 bits per heavy atom. The summed E-state index contributed by atoms with van der Waals surface area (Å²) >= 11 is 6.17. The first-order chi connectivity index (χ1) is 13.5. The number of aromatic nitrogens is 1. The molecular formula is C20H22ClN3O3S. The zero-order valence-electron chi connectivity index (χ0n) is 15.6. The third-order valence-corrected chi connectivity index (χ3v) is 7.23. The van der Waals surface area contributed by atoms with E-state index in [2.05, 4.69) is 10.2 Å². The van der Waals surface area contributed by atoms with Crippen molar-refractivity contribution in [1.29, 1.82) is 0 Å². The molecule has 2 heterocycles. The highest BCUT2D eigenvalue weighted by atomic mass is 35.5. The number of hydrogen-bond donors (Lipinski definition) is 1. The number of nitrogens with one attached hydrogen (secondary N) is 1. The lowest BCUT2D eigenvalue weighted by Gasteiger charge is -2.27. The summed E-state index contributed by atoms with van der Waals surface area (Å²) in [4.78, 5) is 2.44. The van der Waals surface area contributed by atoms with Crippen LogP contribution in [0.15, 0.2) is 53.6 Å². The Morgan fingerprint density at radius 3 is 2.61 bits per heavy atom. The first kappa shape index (κ1) is 19.3. The van der Waals surface area contributed by atoms with Gasteiger partial charge in [0.05, 0.1) is 17.6 Å². The zero-order valence-corrected chi connectivity index (χ0v) is 17.1. The summed E-state index contributed by atoms with van der Waals surface area (Å²) in [6, 6.07) is 12.1. The van der Waals surface area contributed by atoms with Gasteiger partial charge in [-0.2, -0.15) is 0 Å². The Balaban J connectivity index is 1.83. The molecule has 0 atom stereocenters. The molecule has 1 aliphatic rings. The Hall–Kier alpha value is -2.06. The predicted octanol–water partition coefficient (Wildman–Crippen LogP) is 2.95. The molecular weight excluding hydrogens is 398 g/mol. The summed E-state index contributed by atoms with van der Waals surface area (Å²) < 4.78 is 33.2. The van der Waals surface area contributed by atoms with Crippen LogP contribution in [0.2, 0.25) is 5.02 Å². The average Bonchev–Trinajstić information content (AvgIpc) is 3.14. The van der Waals surface area contributed by atoms with Crippen LogP contribution < -0.4 is 10.1 Å². The van der Waals surface area contributed by atoms with Gasteiger partial charge in [-0.3, -0.25) is 4.90 Å². The van der Waals surface area contributed by atoms with Crippen LogP contribution in [0.5, 0.6) is 5.75 Å². The molecule has 28 heavy (non-hydrogen) atoms. The topological polar surface area (TPSA) is 63.6 Å². The number of halogens is 1. The van der Waals surface area contributed by atoms with Gasteiger partial charge >= 0.3 is 0 Å². The highest BCUT2D eigenvalue weighted by Gasteiger charge is 2.23. The van der Waals surface area contributed by atoms with Crippen LogP contribution >= 0.6 is 11.6 Å². The third-order valence-electron chi connectivity index (χ3n) is 5.04. The van der Waals surface area contributed by atoms with Crippen LogP contribution in [0.25, 0.3) is 10.9 Å². The van der Waals surface area contributed by atoms with Crippen molar-refractivity contribution in [3.05, 3.63) is 59.2 Å².